The first-order valence-electron chi connectivity index (χ1n) is 18.6. The molecule has 4 N–H and O–H groups in total. The molecule has 20 nitrogen and oxygen atoms in total. The van der Waals surface area contributed by atoms with Crippen LogP contribution in [0.15, 0.2) is 164 Å². The molecule has 0 aromatic heterocycles. The Kier molecular flexibility index (Phi) is 9.36. The SMILES string of the molecule is O=[N+]([O-])c1cc(C2=CC3=CC4=NC(=CC5=NC(=CC6=NC(=C(c7ccc(O)c([N+](=O)[O-])c7)C2=N3)C(c2ccc(O)c([N+](=O)[O-])c2)=C6c2ccc(O)c([N+](=O)[O-])c2)C=C5)C=C4)ccc1O. The van der Waals surface area contributed by atoms with Crippen molar-refractivity contribution in [1.29, 1.82) is 0 Å². The number of hydrogen-bond donors (Lipinski definition) is 4. The lowest BCUT2D eigenvalue weighted by Crippen LogP contribution is -2.08. The minimum absolute atomic E-state index is 0.000751. The molecule has 5 aliphatic rings. The molecule has 5 heterocycles. The molecule has 4 aromatic carbocycles. The summed E-state index contributed by atoms with van der Waals surface area (Å²) < 4.78 is 0. The van der Waals surface area contributed by atoms with Crippen molar-refractivity contribution < 1.29 is 40.1 Å². The Morgan fingerprint density at radius 2 is 0.812 bits per heavy atom. The zero-order valence-corrected chi connectivity index (χ0v) is 32.2. The van der Waals surface area contributed by atoms with E-state index in [4.69, 9.17) is 15.0 Å². The van der Waals surface area contributed by atoms with Gasteiger partial charge in [-0.1, -0.05) is 24.3 Å². The number of fused-ring (bicyclic) bond motifs is 4. The first-order chi connectivity index (χ1) is 30.6. The van der Waals surface area contributed by atoms with Gasteiger partial charge in [-0.3, -0.25) is 40.5 Å². The standard InChI is InChI=1S/C44H24N8O12/c53-36-9-1-21(13-32(36)49(57)58)30-19-29-18-27-6-5-25(45-27)17-26-7-8-28(46-26)20-31-40(22-2-10-37(54)33(14-22)50(59)60)41(23-3-11-38(55)34(15-23)51(61)62)44(48-31)42(43(30)47-29)24-4-12-39(56)35(16-24)52(63)64/h1-20,53-56H. The van der Waals surface area contributed by atoms with Crippen LogP contribution in [-0.2, 0) is 0 Å². The van der Waals surface area contributed by atoms with Crippen molar-refractivity contribution in [3.63, 3.8) is 0 Å². The quantitative estimate of drug-likeness (QED) is 0.0964. The molecule has 0 saturated carbocycles. The van der Waals surface area contributed by atoms with E-state index < -0.39 is 65.4 Å². The topological polar surface area (TPSA) is 303 Å². The number of hydrogen-bond acceptors (Lipinski definition) is 16. The predicted molar refractivity (Wildman–Crippen MR) is 233 cm³/mol. The largest absolute Gasteiger partial charge is 0.502 e. The predicted octanol–water partition coefficient (Wildman–Crippen LogP) is 8.14. The van der Waals surface area contributed by atoms with E-state index in [-0.39, 0.29) is 67.4 Å². The molecule has 20 heteroatoms. The number of rotatable bonds is 8. The third kappa shape index (κ3) is 6.99. The van der Waals surface area contributed by atoms with Crippen LogP contribution in [0.5, 0.6) is 23.0 Å². The van der Waals surface area contributed by atoms with Crippen molar-refractivity contribution in [1.82, 2.24) is 0 Å². The maximum atomic E-state index is 12.4. The van der Waals surface area contributed by atoms with Crippen molar-refractivity contribution in [2.24, 2.45) is 20.0 Å². The summed E-state index contributed by atoms with van der Waals surface area (Å²) in [5.41, 5.74) is -0.754. The van der Waals surface area contributed by atoms with Crippen molar-refractivity contribution in [2.45, 2.75) is 0 Å². The molecule has 9 rings (SSSR count). The highest BCUT2D eigenvalue weighted by Crippen LogP contribution is 2.49. The minimum Gasteiger partial charge on any atom is -0.502 e. The second-order valence-corrected chi connectivity index (χ2v) is 14.3. The fourth-order valence-electron chi connectivity index (χ4n) is 7.51. The first kappa shape index (κ1) is 39.7. The minimum atomic E-state index is -0.839. The number of nitrogens with zero attached hydrogens (tertiary/aromatic N) is 8. The smallest absolute Gasteiger partial charge is 0.311 e. The summed E-state index contributed by atoms with van der Waals surface area (Å²) in [4.78, 5) is 65.2. The highest BCUT2D eigenvalue weighted by Gasteiger charge is 2.36. The van der Waals surface area contributed by atoms with Crippen LogP contribution in [0.25, 0.3) is 22.3 Å². The Bertz CT molecular complexity index is 3320. The monoisotopic (exact) mass is 856 g/mol. The van der Waals surface area contributed by atoms with E-state index in [0.29, 0.717) is 22.8 Å². The lowest BCUT2D eigenvalue weighted by atomic mass is 9.85. The lowest BCUT2D eigenvalue weighted by molar-refractivity contribution is -0.386. The Balaban J connectivity index is 1.49. The number of aromatic hydroxyl groups is 4. The fourth-order valence-corrected chi connectivity index (χ4v) is 7.51. The molecular weight excluding hydrogens is 833 g/mol. The van der Waals surface area contributed by atoms with Crippen LogP contribution < -0.4 is 0 Å². The van der Waals surface area contributed by atoms with Crippen LogP contribution in [0.1, 0.15) is 22.3 Å². The second-order valence-electron chi connectivity index (χ2n) is 14.3. The average Bonchev–Trinajstić information content (AvgIpc) is 4.06. The zero-order chi connectivity index (χ0) is 45.1. The van der Waals surface area contributed by atoms with Gasteiger partial charge in [0.15, 0.2) is 23.0 Å². The lowest BCUT2D eigenvalue weighted by Gasteiger charge is -2.17. The Morgan fingerprint density at radius 3 is 1.30 bits per heavy atom. The molecule has 0 fully saturated rings. The maximum absolute atomic E-state index is 12.4. The molecule has 4 aromatic rings. The van der Waals surface area contributed by atoms with Gasteiger partial charge in [-0.25, -0.2) is 20.0 Å². The molecule has 312 valence electrons. The summed E-state index contributed by atoms with van der Waals surface area (Å²) in [5, 5.41) is 91.4. The van der Waals surface area contributed by atoms with Crippen molar-refractivity contribution >= 4 is 67.9 Å². The van der Waals surface area contributed by atoms with Crippen LogP contribution in [-0.4, -0.2) is 63.0 Å². The molecule has 0 atom stereocenters. The summed E-state index contributed by atoms with van der Waals surface area (Å²) in [6.45, 7) is 0. The van der Waals surface area contributed by atoms with E-state index in [0.717, 1.165) is 48.5 Å². The normalized spacial score (nSPS) is 16.1. The van der Waals surface area contributed by atoms with E-state index in [1.54, 1.807) is 42.5 Å². The summed E-state index contributed by atoms with van der Waals surface area (Å²) in [6.07, 6.45) is 13.1. The third-order valence-electron chi connectivity index (χ3n) is 10.3. The summed E-state index contributed by atoms with van der Waals surface area (Å²) in [7, 11) is 0. The van der Waals surface area contributed by atoms with Gasteiger partial charge in [-0.15, -0.1) is 0 Å². The number of phenols is 4. The number of benzene rings is 4. The maximum Gasteiger partial charge on any atom is 0.311 e. The highest BCUT2D eigenvalue weighted by molar-refractivity contribution is 6.50. The van der Waals surface area contributed by atoms with Crippen LogP contribution in [0.4, 0.5) is 22.7 Å². The Morgan fingerprint density at radius 1 is 0.406 bits per heavy atom. The zero-order valence-electron chi connectivity index (χ0n) is 32.2. The fraction of sp³-hybridized carbons (Fsp3) is 0. The molecule has 0 spiro atoms. The second kappa shape index (κ2) is 15.1. The average molecular weight is 857 g/mol. The Labute approximate surface area is 357 Å². The van der Waals surface area contributed by atoms with Crippen LogP contribution in [0.2, 0.25) is 0 Å². The van der Waals surface area contributed by atoms with Crippen molar-refractivity contribution in [3.05, 3.63) is 207 Å². The van der Waals surface area contributed by atoms with Gasteiger partial charge < -0.3 is 20.4 Å². The van der Waals surface area contributed by atoms with Crippen molar-refractivity contribution in [3.8, 4) is 23.0 Å². The molecule has 5 aliphatic heterocycles. The molecule has 0 unspecified atom stereocenters. The van der Waals surface area contributed by atoms with Crippen LogP contribution >= 0.6 is 0 Å². The van der Waals surface area contributed by atoms with Crippen LogP contribution in [0.3, 0.4) is 0 Å². The van der Waals surface area contributed by atoms with Crippen molar-refractivity contribution in [2.75, 3.05) is 0 Å². The summed E-state index contributed by atoms with van der Waals surface area (Å²) in [6, 6.07) is 13.8. The van der Waals surface area contributed by atoms with Gasteiger partial charge in [-0.05, 0) is 95.1 Å². The van der Waals surface area contributed by atoms with Gasteiger partial charge in [0, 0.05) is 46.6 Å². The van der Waals surface area contributed by atoms with E-state index in [1.807, 2.05) is 0 Å². The molecule has 8 bridgehead atoms. The Hall–Kier alpha value is -9.72. The molecule has 0 radical (unpaired) electrons. The van der Waals surface area contributed by atoms with Gasteiger partial charge in [0.2, 0.25) is 0 Å². The number of aliphatic imine (C=N–C) groups is 4. The number of nitro benzene ring substituents is 4. The first-order valence-corrected chi connectivity index (χ1v) is 18.6. The number of allylic oxidation sites excluding steroid dienone is 12. The van der Waals surface area contributed by atoms with E-state index in [1.165, 1.54) is 30.3 Å². The van der Waals surface area contributed by atoms with E-state index >= 15 is 0 Å². The van der Waals surface area contributed by atoms with Gasteiger partial charge >= 0.3 is 22.7 Å². The number of phenolic OH excluding ortho intramolecular Hbond substituents is 4. The highest BCUT2D eigenvalue weighted by atomic mass is 16.6. The molecular formula is C44H24N8O12. The van der Waals surface area contributed by atoms with E-state index in [9.17, 15) is 60.9 Å². The van der Waals surface area contributed by atoms with Gasteiger partial charge in [0.25, 0.3) is 0 Å². The van der Waals surface area contributed by atoms with E-state index in [2.05, 4.69) is 4.99 Å². The molecule has 0 aliphatic carbocycles. The summed E-state index contributed by atoms with van der Waals surface area (Å²) >= 11 is 0. The van der Waals surface area contributed by atoms with Crippen LogP contribution in [0, 0.1) is 40.5 Å². The number of nitro groups is 4. The van der Waals surface area contributed by atoms with Gasteiger partial charge in [0.05, 0.1) is 65.3 Å². The molecule has 0 amide bonds. The summed E-state index contributed by atoms with van der Waals surface area (Å²) in [5.74, 6) is -2.77. The van der Waals surface area contributed by atoms with Gasteiger partial charge in [-0.2, -0.15) is 0 Å². The van der Waals surface area contributed by atoms with Gasteiger partial charge in [0.1, 0.15) is 0 Å². The molecule has 64 heavy (non-hydrogen) atoms. The molecule has 0 saturated heterocycles. The third-order valence-corrected chi connectivity index (χ3v) is 10.3.